The zero-order valence-corrected chi connectivity index (χ0v) is 20.6. The van der Waals surface area contributed by atoms with E-state index in [1.807, 2.05) is 78.8 Å². The molecule has 9 nitrogen and oxygen atoms in total. The van der Waals surface area contributed by atoms with Crippen LogP contribution in [-0.4, -0.2) is 35.8 Å². The summed E-state index contributed by atoms with van der Waals surface area (Å²) in [7, 11) is 0. The van der Waals surface area contributed by atoms with Crippen molar-refractivity contribution in [1.82, 2.24) is 29.9 Å². The third kappa shape index (κ3) is 4.88. The Morgan fingerprint density at radius 1 is 1.00 bits per heavy atom. The number of carbonyl (C=O) groups excluding carboxylic acids is 1. The number of aromatic nitrogens is 6. The topological polar surface area (TPSA) is 112 Å². The standard InChI is InChI=1S/C25H29N7O2/c1-14-12-15(2)27-24(26-14)32-17(4)20(16(3)30-32)13-21(33)28-19-10-8-18(9-11-19)22-29-23(34-31-22)25(5,6)7/h8-12H,13H2,1-7H3,(H,28,33). The number of aryl methyl sites for hydroxylation is 3. The lowest BCUT2D eigenvalue weighted by molar-refractivity contribution is -0.115. The largest absolute Gasteiger partial charge is 0.338 e. The summed E-state index contributed by atoms with van der Waals surface area (Å²) in [4.78, 5) is 26.2. The van der Waals surface area contributed by atoms with Gasteiger partial charge in [-0.2, -0.15) is 10.1 Å². The Morgan fingerprint density at radius 3 is 2.24 bits per heavy atom. The maximum atomic E-state index is 12.8. The van der Waals surface area contributed by atoms with Crippen molar-refractivity contribution in [2.24, 2.45) is 0 Å². The number of nitrogens with one attached hydrogen (secondary N) is 1. The quantitative estimate of drug-likeness (QED) is 0.470. The smallest absolute Gasteiger partial charge is 0.251 e. The molecule has 4 rings (SSSR count). The van der Waals surface area contributed by atoms with E-state index in [0.29, 0.717) is 23.4 Å². The minimum Gasteiger partial charge on any atom is -0.338 e. The molecule has 9 heteroatoms. The first-order valence-corrected chi connectivity index (χ1v) is 11.1. The van der Waals surface area contributed by atoms with Crippen LogP contribution < -0.4 is 5.32 Å². The normalized spacial score (nSPS) is 11.6. The Labute approximate surface area is 198 Å². The van der Waals surface area contributed by atoms with Crippen LogP contribution in [0.15, 0.2) is 34.9 Å². The predicted molar refractivity (Wildman–Crippen MR) is 129 cm³/mol. The summed E-state index contributed by atoms with van der Waals surface area (Å²) in [6.07, 6.45) is 0.198. The molecular formula is C25H29N7O2. The van der Waals surface area contributed by atoms with Crippen molar-refractivity contribution >= 4 is 11.6 Å². The van der Waals surface area contributed by atoms with Crippen LogP contribution in [-0.2, 0) is 16.6 Å². The van der Waals surface area contributed by atoms with E-state index in [2.05, 4.69) is 30.5 Å². The summed E-state index contributed by atoms with van der Waals surface area (Å²) in [5, 5.41) is 11.6. The van der Waals surface area contributed by atoms with E-state index in [4.69, 9.17) is 4.52 Å². The molecule has 0 atom stereocenters. The van der Waals surface area contributed by atoms with Gasteiger partial charge in [-0.15, -0.1) is 0 Å². The van der Waals surface area contributed by atoms with Gasteiger partial charge in [0.25, 0.3) is 5.95 Å². The third-order valence-electron chi connectivity index (χ3n) is 5.43. The van der Waals surface area contributed by atoms with Gasteiger partial charge >= 0.3 is 0 Å². The van der Waals surface area contributed by atoms with E-state index in [9.17, 15) is 4.79 Å². The fourth-order valence-electron chi connectivity index (χ4n) is 3.64. The Kier molecular flexibility index (Phi) is 6.03. The highest BCUT2D eigenvalue weighted by atomic mass is 16.5. The molecule has 0 saturated carbocycles. The Balaban J connectivity index is 1.47. The average Bonchev–Trinajstić information content (AvgIpc) is 3.35. The minimum atomic E-state index is -0.215. The molecule has 0 saturated heterocycles. The fourth-order valence-corrected chi connectivity index (χ4v) is 3.64. The van der Waals surface area contributed by atoms with Gasteiger partial charge in [0.1, 0.15) is 0 Å². The zero-order valence-electron chi connectivity index (χ0n) is 20.6. The SMILES string of the molecule is Cc1cc(C)nc(-n2nc(C)c(CC(=O)Nc3ccc(-c4noc(C(C)(C)C)n4)cc3)c2C)n1. The van der Waals surface area contributed by atoms with Crippen LogP contribution in [0.1, 0.15) is 55.0 Å². The van der Waals surface area contributed by atoms with Gasteiger partial charge < -0.3 is 9.84 Å². The lowest BCUT2D eigenvalue weighted by atomic mass is 9.97. The number of anilines is 1. The summed E-state index contributed by atoms with van der Waals surface area (Å²) in [5.74, 6) is 1.48. The summed E-state index contributed by atoms with van der Waals surface area (Å²) in [5.41, 5.74) is 5.51. The molecule has 0 aliphatic heterocycles. The van der Waals surface area contributed by atoms with Crippen LogP contribution in [0.25, 0.3) is 17.3 Å². The Bertz CT molecular complexity index is 1320. The molecule has 3 aromatic heterocycles. The van der Waals surface area contributed by atoms with E-state index >= 15 is 0 Å². The molecule has 3 heterocycles. The highest BCUT2D eigenvalue weighted by Crippen LogP contribution is 2.25. The first-order chi connectivity index (χ1) is 16.0. The Hall–Kier alpha value is -3.88. The highest BCUT2D eigenvalue weighted by molar-refractivity contribution is 5.92. The average molecular weight is 460 g/mol. The van der Waals surface area contributed by atoms with Crippen molar-refractivity contribution in [2.45, 2.75) is 60.3 Å². The first-order valence-electron chi connectivity index (χ1n) is 11.1. The molecule has 0 unspecified atom stereocenters. The van der Waals surface area contributed by atoms with Crippen molar-refractivity contribution in [2.75, 3.05) is 5.32 Å². The predicted octanol–water partition coefficient (Wildman–Crippen LogP) is 4.42. The number of benzene rings is 1. The molecule has 1 N–H and O–H groups in total. The van der Waals surface area contributed by atoms with Gasteiger partial charge in [0.15, 0.2) is 0 Å². The van der Waals surface area contributed by atoms with E-state index in [1.165, 1.54) is 0 Å². The van der Waals surface area contributed by atoms with Crippen LogP contribution in [0.3, 0.4) is 0 Å². The van der Waals surface area contributed by atoms with Crippen LogP contribution in [0.5, 0.6) is 0 Å². The summed E-state index contributed by atoms with van der Waals surface area (Å²) in [6, 6.07) is 9.29. The van der Waals surface area contributed by atoms with Crippen LogP contribution >= 0.6 is 0 Å². The van der Waals surface area contributed by atoms with Gasteiger partial charge in [0, 0.05) is 39.3 Å². The van der Waals surface area contributed by atoms with E-state index in [-0.39, 0.29) is 17.7 Å². The first kappa shape index (κ1) is 23.3. The zero-order chi connectivity index (χ0) is 24.6. The molecule has 0 bridgehead atoms. The fraction of sp³-hybridized carbons (Fsp3) is 0.360. The van der Waals surface area contributed by atoms with E-state index in [1.54, 1.807) is 4.68 Å². The lowest BCUT2D eigenvalue weighted by Crippen LogP contribution is -2.15. The molecule has 0 fully saturated rings. The van der Waals surface area contributed by atoms with Crippen molar-refractivity contribution in [3.63, 3.8) is 0 Å². The number of hydrogen-bond acceptors (Lipinski definition) is 7. The second-order valence-electron chi connectivity index (χ2n) is 9.49. The van der Waals surface area contributed by atoms with E-state index in [0.717, 1.165) is 33.9 Å². The minimum absolute atomic E-state index is 0.130. The molecule has 34 heavy (non-hydrogen) atoms. The number of nitrogens with zero attached hydrogens (tertiary/aromatic N) is 6. The Morgan fingerprint density at radius 2 is 1.65 bits per heavy atom. The van der Waals surface area contributed by atoms with Gasteiger partial charge in [-0.05, 0) is 58.0 Å². The summed E-state index contributed by atoms with van der Waals surface area (Å²) < 4.78 is 7.06. The molecule has 0 aliphatic carbocycles. The van der Waals surface area contributed by atoms with E-state index < -0.39 is 0 Å². The van der Waals surface area contributed by atoms with Crippen molar-refractivity contribution < 1.29 is 9.32 Å². The third-order valence-corrected chi connectivity index (χ3v) is 5.43. The summed E-state index contributed by atoms with van der Waals surface area (Å²) in [6.45, 7) is 13.7. The second kappa shape index (κ2) is 8.81. The number of hydrogen-bond donors (Lipinski definition) is 1. The molecule has 4 aromatic rings. The van der Waals surface area contributed by atoms with Crippen molar-refractivity contribution in [3.05, 3.63) is 64.6 Å². The highest BCUT2D eigenvalue weighted by Gasteiger charge is 2.22. The van der Waals surface area contributed by atoms with Crippen molar-refractivity contribution in [1.29, 1.82) is 0 Å². The van der Waals surface area contributed by atoms with Crippen LogP contribution in [0.2, 0.25) is 0 Å². The molecule has 1 aromatic carbocycles. The van der Waals surface area contributed by atoms with Gasteiger partial charge in [-0.1, -0.05) is 25.9 Å². The lowest BCUT2D eigenvalue weighted by Gasteiger charge is -2.10. The number of rotatable bonds is 5. The number of carbonyl (C=O) groups is 1. The van der Waals surface area contributed by atoms with Crippen LogP contribution in [0.4, 0.5) is 5.69 Å². The van der Waals surface area contributed by atoms with Gasteiger partial charge in [0.2, 0.25) is 17.6 Å². The monoisotopic (exact) mass is 459 g/mol. The van der Waals surface area contributed by atoms with Crippen LogP contribution in [0, 0.1) is 27.7 Å². The van der Waals surface area contributed by atoms with Crippen molar-refractivity contribution in [3.8, 4) is 17.3 Å². The number of amides is 1. The molecule has 0 radical (unpaired) electrons. The van der Waals surface area contributed by atoms with Gasteiger partial charge in [0.05, 0.1) is 12.1 Å². The molecule has 0 spiro atoms. The van der Waals surface area contributed by atoms with Gasteiger partial charge in [-0.3, -0.25) is 4.79 Å². The molecule has 0 aliphatic rings. The maximum absolute atomic E-state index is 12.8. The summed E-state index contributed by atoms with van der Waals surface area (Å²) >= 11 is 0. The molecule has 176 valence electrons. The second-order valence-corrected chi connectivity index (χ2v) is 9.49. The molecule has 1 amide bonds. The van der Waals surface area contributed by atoms with Gasteiger partial charge in [-0.25, -0.2) is 14.6 Å². The maximum Gasteiger partial charge on any atom is 0.251 e. The molecular weight excluding hydrogens is 430 g/mol.